The first-order valence-corrected chi connectivity index (χ1v) is 9.82. The van der Waals surface area contributed by atoms with Crippen LogP contribution in [0.4, 0.5) is 5.69 Å². The van der Waals surface area contributed by atoms with Gasteiger partial charge in [-0.3, -0.25) is 9.59 Å². The quantitative estimate of drug-likeness (QED) is 0.754. The number of ether oxygens (including phenoxy) is 1. The molecule has 0 unspecified atom stereocenters. The number of hydrogen-bond donors (Lipinski definition) is 2. The van der Waals surface area contributed by atoms with Gasteiger partial charge in [-0.2, -0.15) is 0 Å². The fourth-order valence-electron chi connectivity index (χ4n) is 3.19. The number of anilines is 1. The Morgan fingerprint density at radius 2 is 1.89 bits per heavy atom. The molecule has 2 N–H and O–H groups in total. The lowest BCUT2D eigenvalue weighted by atomic mass is 9.87. The van der Waals surface area contributed by atoms with Crippen molar-refractivity contribution in [1.82, 2.24) is 10.5 Å². The summed E-state index contributed by atoms with van der Waals surface area (Å²) < 4.78 is 10.9. The highest BCUT2D eigenvalue weighted by molar-refractivity contribution is 5.92. The SMILES string of the molecule is CCC(=O)Nc1ccc(OCc2cc(C(=O)NC3CCC(C)CC3)no2)cc1. The van der Waals surface area contributed by atoms with Crippen molar-refractivity contribution in [1.29, 1.82) is 0 Å². The van der Waals surface area contributed by atoms with Crippen molar-refractivity contribution >= 4 is 17.5 Å². The van der Waals surface area contributed by atoms with E-state index in [0.29, 0.717) is 17.9 Å². The predicted molar refractivity (Wildman–Crippen MR) is 105 cm³/mol. The van der Waals surface area contributed by atoms with Crippen LogP contribution in [0, 0.1) is 5.92 Å². The lowest BCUT2D eigenvalue weighted by Gasteiger charge is -2.26. The molecule has 1 aliphatic rings. The van der Waals surface area contributed by atoms with Gasteiger partial charge in [0.25, 0.3) is 5.91 Å². The third-order valence-electron chi connectivity index (χ3n) is 4.98. The number of nitrogens with one attached hydrogen (secondary N) is 2. The number of rotatable bonds is 7. The maximum atomic E-state index is 12.3. The molecular weight excluding hydrogens is 358 g/mol. The van der Waals surface area contributed by atoms with Crippen LogP contribution in [-0.2, 0) is 11.4 Å². The van der Waals surface area contributed by atoms with Gasteiger partial charge in [0.1, 0.15) is 12.4 Å². The number of nitrogens with zero attached hydrogens (tertiary/aromatic N) is 1. The summed E-state index contributed by atoms with van der Waals surface area (Å²) in [5.41, 5.74) is 0.991. The van der Waals surface area contributed by atoms with Gasteiger partial charge in [-0.05, 0) is 55.9 Å². The predicted octanol–water partition coefficient (Wildman–Crippen LogP) is 3.91. The van der Waals surface area contributed by atoms with E-state index in [4.69, 9.17) is 9.26 Å². The summed E-state index contributed by atoms with van der Waals surface area (Å²) in [6.07, 6.45) is 4.73. The van der Waals surface area contributed by atoms with Crippen molar-refractivity contribution in [2.45, 2.75) is 58.6 Å². The molecule has 3 rings (SSSR count). The molecule has 0 atom stereocenters. The highest BCUT2D eigenvalue weighted by atomic mass is 16.5. The summed E-state index contributed by atoms with van der Waals surface area (Å²) >= 11 is 0. The first-order valence-electron chi connectivity index (χ1n) is 9.82. The van der Waals surface area contributed by atoms with Gasteiger partial charge in [0.15, 0.2) is 11.5 Å². The van der Waals surface area contributed by atoms with Crippen molar-refractivity contribution in [3.05, 3.63) is 41.8 Å². The van der Waals surface area contributed by atoms with Crippen LogP contribution >= 0.6 is 0 Å². The number of carbonyl (C=O) groups excluding carboxylic acids is 2. The Labute approximate surface area is 164 Å². The zero-order valence-electron chi connectivity index (χ0n) is 16.4. The average molecular weight is 385 g/mol. The van der Waals surface area contributed by atoms with Crippen molar-refractivity contribution in [2.24, 2.45) is 5.92 Å². The van der Waals surface area contributed by atoms with E-state index < -0.39 is 0 Å². The molecule has 1 saturated carbocycles. The Bertz CT molecular complexity index is 792. The van der Waals surface area contributed by atoms with E-state index in [-0.39, 0.29) is 30.2 Å². The Morgan fingerprint density at radius 1 is 1.18 bits per heavy atom. The Balaban J connectivity index is 1.47. The second-order valence-electron chi connectivity index (χ2n) is 7.32. The molecule has 1 aromatic carbocycles. The number of amides is 2. The molecule has 0 aliphatic heterocycles. The minimum Gasteiger partial charge on any atom is -0.486 e. The van der Waals surface area contributed by atoms with E-state index in [9.17, 15) is 9.59 Å². The van der Waals surface area contributed by atoms with Crippen LogP contribution in [-0.4, -0.2) is 23.0 Å². The molecule has 0 saturated heterocycles. The lowest BCUT2D eigenvalue weighted by molar-refractivity contribution is -0.115. The highest BCUT2D eigenvalue weighted by Gasteiger charge is 2.22. The van der Waals surface area contributed by atoms with E-state index >= 15 is 0 Å². The molecule has 2 aromatic rings. The van der Waals surface area contributed by atoms with Crippen molar-refractivity contribution in [3.8, 4) is 5.75 Å². The second-order valence-corrected chi connectivity index (χ2v) is 7.32. The summed E-state index contributed by atoms with van der Waals surface area (Å²) in [6.45, 7) is 4.22. The monoisotopic (exact) mass is 385 g/mol. The molecule has 1 fully saturated rings. The zero-order chi connectivity index (χ0) is 19.9. The fourth-order valence-corrected chi connectivity index (χ4v) is 3.19. The van der Waals surface area contributed by atoms with Gasteiger partial charge in [-0.1, -0.05) is 19.0 Å². The van der Waals surface area contributed by atoms with Crippen LogP contribution in [0.5, 0.6) is 5.75 Å². The van der Waals surface area contributed by atoms with E-state index in [1.165, 1.54) is 0 Å². The summed E-state index contributed by atoms with van der Waals surface area (Å²) in [7, 11) is 0. The van der Waals surface area contributed by atoms with Crippen molar-refractivity contribution < 1.29 is 18.8 Å². The average Bonchev–Trinajstić information content (AvgIpc) is 3.18. The van der Waals surface area contributed by atoms with Gasteiger partial charge in [-0.25, -0.2) is 0 Å². The fraction of sp³-hybridized carbons (Fsp3) is 0.476. The molecule has 1 aliphatic carbocycles. The van der Waals surface area contributed by atoms with Gasteiger partial charge in [-0.15, -0.1) is 0 Å². The molecule has 28 heavy (non-hydrogen) atoms. The normalized spacial score (nSPS) is 19.1. The smallest absolute Gasteiger partial charge is 0.273 e. The van der Waals surface area contributed by atoms with Crippen LogP contribution in [0.15, 0.2) is 34.9 Å². The van der Waals surface area contributed by atoms with Gasteiger partial charge < -0.3 is 19.9 Å². The maximum absolute atomic E-state index is 12.3. The van der Waals surface area contributed by atoms with E-state index in [2.05, 4.69) is 22.7 Å². The molecule has 150 valence electrons. The molecule has 2 amide bonds. The minimum atomic E-state index is -0.203. The zero-order valence-corrected chi connectivity index (χ0v) is 16.4. The summed E-state index contributed by atoms with van der Waals surface area (Å²) in [6, 6.07) is 8.89. The number of aromatic nitrogens is 1. The highest BCUT2D eigenvalue weighted by Crippen LogP contribution is 2.23. The summed E-state index contributed by atoms with van der Waals surface area (Å²) in [5, 5.41) is 9.66. The standard InChI is InChI=1S/C21H27N3O4/c1-3-20(25)22-15-8-10-17(11-9-15)27-13-18-12-19(24-28-18)21(26)23-16-6-4-14(2)5-7-16/h8-12,14,16H,3-7,13H2,1-2H3,(H,22,25)(H,23,26). The third kappa shape index (κ3) is 5.58. The maximum Gasteiger partial charge on any atom is 0.273 e. The number of hydrogen-bond acceptors (Lipinski definition) is 5. The molecule has 0 radical (unpaired) electrons. The van der Waals surface area contributed by atoms with Crippen LogP contribution in [0.2, 0.25) is 0 Å². The lowest BCUT2D eigenvalue weighted by Crippen LogP contribution is -2.37. The minimum absolute atomic E-state index is 0.0381. The topological polar surface area (TPSA) is 93.5 Å². The third-order valence-corrected chi connectivity index (χ3v) is 4.98. The Kier molecular flexibility index (Phi) is 6.68. The van der Waals surface area contributed by atoms with Crippen LogP contribution in [0.3, 0.4) is 0 Å². The van der Waals surface area contributed by atoms with Crippen LogP contribution in [0.25, 0.3) is 0 Å². The van der Waals surface area contributed by atoms with E-state index in [1.54, 1.807) is 37.3 Å². The van der Waals surface area contributed by atoms with E-state index in [0.717, 1.165) is 37.3 Å². The Hall–Kier alpha value is -2.83. The molecule has 1 aromatic heterocycles. The van der Waals surface area contributed by atoms with Crippen molar-refractivity contribution in [2.75, 3.05) is 5.32 Å². The van der Waals surface area contributed by atoms with Gasteiger partial charge in [0.05, 0.1) is 0 Å². The summed E-state index contributed by atoms with van der Waals surface area (Å²) in [4.78, 5) is 23.7. The molecule has 0 spiro atoms. The molecule has 1 heterocycles. The van der Waals surface area contributed by atoms with Gasteiger partial charge in [0.2, 0.25) is 5.91 Å². The van der Waals surface area contributed by atoms with Crippen molar-refractivity contribution in [3.63, 3.8) is 0 Å². The second kappa shape index (κ2) is 9.39. The van der Waals surface area contributed by atoms with Crippen LogP contribution < -0.4 is 15.4 Å². The van der Waals surface area contributed by atoms with Gasteiger partial charge in [0, 0.05) is 24.2 Å². The van der Waals surface area contributed by atoms with E-state index in [1.807, 2.05) is 0 Å². The molecule has 7 nitrogen and oxygen atoms in total. The van der Waals surface area contributed by atoms with Crippen LogP contribution in [0.1, 0.15) is 62.2 Å². The summed E-state index contributed by atoms with van der Waals surface area (Å²) in [5.74, 6) is 1.61. The first kappa shape index (κ1) is 19.9. The number of benzene rings is 1. The first-order chi connectivity index (χ1) is 13.5. The molecule has 7 heteroatoms. The van der Waals surface area contributed by atoms with Gasteiger partial charge >= 0.3 is 0 Å². The molecular formula is C21H27N3O4. The largest absolute Gasteiger partial charge is 0.486 e. The Morgan fingerprint density at radius 3 is 2.57 bits per heavy atom. The number of carbonyl (C=O) groups is 2. The molecule has 0 bridgehead atoms.